The Morgan fingerprint density at radius 1 is 0.887 bits per heavy atom. The highest BCUT2D eigenvalue weighted by atomic mass is 32.2. The van der Waals surface area contributed by atoms with Gasteiger partial charge in [-0.1, -0.05) is 62.6 Å². The largest absolute Gasteiger partial charge is 0.506 e. The van der Waals surface area contributed by atoms with Crippen LogP contribution in [0, 0.1) is 5.82 Å². The lowest BCUT2D eigenvalue weighted by Crippen LogP contribution is -2.36. The molecule has 2 aliphatic carbocycles. The maximum atomic E-state index is 14.3. The number of sulfonamides is 2. The van der Waals surface area contributed by atoms with E-state index in [1.54, 1.807) is 42.5 Å². The van der Waals surface area contributed by atoms with Crippen molar-refractivity contribution < 1.29 is 55.3 Å². The van der Waals surface area contributed by atoms with E-state index in [0.29, 0.717) is 12.0 Å². The quantitative estimate of drug-likeness (QED) is 0.0226. The van der Waals surface area contributed by atoms with Crippen LogP contribution in [0.3, 0.4) is 0 Å². The zero-order valence-electron chi connectivity index (χ0n) is 38.4. The van der Waals surface area contributed by atoms with E-state index in [1.807, 2.05) is 13.0 Å². The molecule has 2 aliphatic rings. The molecule has 368 valence electrons. The van der Waals surface area contributed by atoms with Crippen LogP contribution in [0.15, 0.2) is 146 Å². The van der Waals surface area contributed by atoms with Crippen molar-refractivity contribution in [2.45, 2.75) is 79.1 Å². The van der Waals surface area contributed by atoms with E-state index < -0.39 is 49.3 Å². The summed E-state index contributed by atoms with van der Waals surface area (Å²) in [5.41, 5.74) is 2.22. The third kappa shape index (κ3) is 12.2. The molecule has 5 aromatic carbocycles. The number of nitrogens with one attached hydrogen (secondary N) is 1. The number of ether oxygens (including phenoxy) is 2. The molecule has 0 saturated heterocycles. The van der Waals surface area contributed by atoms with Gasteiger partial charge in [-0.3, -0.25) is 24.1 Å². The summed E-state index contributed by atoms with van der Waals surface area (Å²) in [6, 6.07) is 27.3. The molecule has 0 unspecified atom stereocenters. The number of benzene rings is 5. The number of phenolic OH excluding ortho intramolecular Hbond substituents is 1. The Morgan fingerprint density at radius 2 is 1.66 bits per heavy atom. The molecule has 19 heteroatoms. The van der Waals surface area contributed by atoms with Crippen LogP contribution in [0.4, 0.5) is 10.1 Å². The Bertz CT molecular complexity index is 3300. The summed E-state index contributed by atoms with van der Waals surface area (Å²) in [4.78, 5) is 45.2. The number of fused-ring (bicyclic) bond motifs is 2. The number of aryl methyl sites for hydroxylation is 1. The minimum Gasteiger partial charge on any atom is -0.506 e. The first kappa shape index (κ1) is 50.5. The predicted molar refractivity (Wildman–Crippen MR) is 266 cm³/mol. The fraction of sp³-hybridized carbons (Fsp3) is 0.250. The molecule has 0 atom stereocenters. The van der Waals surface area contributed by atoms with Crippen LogP contribution in [0.2, 0.25) is 0 Å². The molecule has 3 N–H and O–H groups in total. The van der Waals surface area contributed by atoms with E-state index in [9.17, 15) is 45.8 Å². The van der Waals surface area contributed by atoms with Crippen LogP contribution in [0.1, 0.15) is 84.1 Å². The third-order valence-electron chi connectivity index (χ3n) is 12.1. The molecule has 1 saturated carbocycles. The molecular formula is C52H49FN4O11S3. The van der Waals surface area contributed by atoms with Crippen LogP contribution in [-0.2, 0) is 47.4 Å². The third-order valence-corrected chi connectivity index (χ3v) is 15.8. The maximum absolute atomic E-state index is 14.3. The number of hydrogen-bond donors (Lipinski definition) is 3. The standard InChI is InChI=1S/C52H49FN4O11S3/c1-2-33-16-19-39(20-17-33)70(63,64)56-45-29-47(69-31-48(58)59)51(61)41-21-18-38(27-43(41)45)68-49(60)22-24-57(32-67-30-34-9-6-13-37(53)25-34)46-28-44(42-15-8-23-54-50(42)52(46)62)55-71(65,66)40-14-7-12-36(26-40)35-10-4-3-5-11-35/h6-9,12-21,23,25-29,35,56,61H,2-5,10-11,22,24,30-32H2,1H3,(H,58,59)/b55-44+. The van der Waals surface area contributed by atoms with Crippen LogP contribution >= 0.6 is 11.8 Å². The van der Waals surface area contributed by atoms with Gasteiger partial charge >= 0.3 is 11.9 Å². The molecule has 0 spiro atoms. The number of Topliss-reactive ketones (excluding diaryl/α,β-unsaturated/α-hetero) is 1. The summed E-state index contributed by atoms with van der Waals surface area (Å²) in [6.07, 6.45) is 8.18. The second-order valence-corrected chi connectivity index (χ2v) is 21.3. The van der Waals surface area contributed by atoms with Gasteiger partial charge in [-0.2, -0.15) is 12.8 Å². The minimum absolute atomic E-state index is 0.00367. The number of hydrogen-bond acceptors (Lipinski definition) is 13. The highest BCUT2D eigenvalue weighted by Crippen LogP contribution is 2.42. The van der Waals surface area contributed by atoms with Crippen molar-refractivity contribution in [3.63, 3.8) is 0 Å². The lowest BCUT2D eigenvalue weighted by Gasteiger charge is -2.28. The van der Waals surface area contributed by atoms with E-state index in [4.69, 9.17) is 9.47 Å². The summed E-state index contributed by atoms with van der Waals surface area (Å²) >= 11 is 0.784. The number of aromatic nitrogens is 1. The Kier molecular flexibility index (Phi) is 15.6. The summed E-state index contributed by atoms with van der Waals surface area (Å²) in [6.45, 7) is 1.26. The Morgan fingerprint density at radius 3 is 2.41 bits per heavy atom. The van der Waals surface area contributed by atoms with Crippen LogP contribution in [-0.4, -0.2) is 79.4 Å². The minimum atomic E-state index is -4.34. The number of esters is 1. The number of pyridine rings is 1. The molecule has 0 bridgehead atoms. The van der Waals surface area contributed by atoms with Gasteiger partial charge < -0.3 is 24.6 Å². The Balaban J connectivity index is 1.09. The Hall–Kier alpha value is -6.93. The number of carboxylic acids is 1. The van der Waals surface area contributed by atoms with Crippen LogP contribution in [0.5, 0.6) is 11.5 Å². The van der Waals surface area contributed by atoms with Crippen molar-refractivity contribution >= 4 is 71.7 Å². The molecular weight excluding hydrogens is 972 g/mol. The van der Waals surface area contributed by atoms with Crippen molar-refractivity contribution in [2.24, 2.45) is 4.40 Å². The van der Waals surface area contributed by atoms with Crippen LogP contribution < -0.4 is 9.46 Å². The first-order chi connectivity index (χ1) is 34.1. The van der Waals surface area contributed by atoms with Crippen molar-refractivity contribution in [1.29, 1.82) is 0 Å². The molecule has 1 aromatic heterocycles. The molecule has 6 aromatic rings. The van der Waals surface area contributed by atoms with Gasteiger partial charge in [0.1, 0.15) is 29.7 Å². The van der Waals surface area contributed by atoms with Gasteiger partial charge in [0.15, 0.2) is 0 Å². The number of aliphatic carboxylic acids is 1. The number of aromatic hydroxyl groups is 1. The topological polar surface area (TPSA) is 219 Å². The number of allylic oxidation sites excluding steroid dienone is 2. The van der Waals surface area contributed by atoms with E-state index in [2.05, 4.69) is 14.1 Å². The van der Waals surface area contributed by atoms with Crippen molar-refractivity contribution in [1.82, 2.24) is 9.88 Å². The van der Waals surface area contributed by atoms with Gasteiger partial charge in [0, 0.05) is 29.1 Å². The second-order valence-electron chi connectivity index (χ2n) is 17.0. The molecule has 71 heavy (non-hydrogen) atoms. The molecule has 0 amide bonds. The normalized spacial score (nSPS) is 14.8. The monoisotopic (exact) mass is 1020 g/mol. The lowest BCUT2D eigenvalue weighted by molar-refractivity contribution is -0.135. The number of nitrogens with zero attached hydrogens (tertiary/aromatic N) is 3. The molecule has 1 heterocycles. The fourth-order valence-corrected chi connectivity index (χ4v) is 11.3. The van der Waals surface area contributed by atoms with E-state index >= 15 is 0 Å². The van der Waals surface area contributed by atoms with E-state index in [1.165, 1.54) is 77.8 Å². The highest BCUT2D eigenvalue weighted by molar-refractivity contribution is 8.00. The number of anilines is 1. The smallest absolute Gasteiger partial charge is 0.313 e. The number of phenols is 1. The second kappa shape index (κ2) is 22.0. The van der Waals surface area contributed by atoms with Gasteiger partial charge in [-0.05, 0) is 121 Å². The molecule has 15 nitrogen and oxygen atoms in total. The number of carbonyl (C=O) groups excluding carboxylic acids is 2. The summed E-state index contributed by atoms with van der Waals surface area (Å²) in [5, 5.41) is 20.8. The first-order valence-corrected chi connectivity index (χ1v) is 26.7. The van der Waals surface area contributed by atoms with Crippen molar-refractivity contribution in [2.75, 3.05) is 23.8 Å². The summed E-state index contributed by atoms with van der Waals surface area (Å²) in [5.74, 6) is -3.64. The summed E-state index contributed by atoms with van der Waals surface area (Å²) < 4.78 is 88.1. The molecule has 1 fully saturated rings. The van der Waals surface area contributed by atoms with Crippen molar-refractivity contribution in [3.8, 4) is 11.5 Å². The molecule has 8 rings (SSSR count). The number of rotatable bonds is 19. The number of carbonyl (C=O) groups is 3. The number of thioether (sulfide) groups is 1. The summed E-state index contributed by atoms with van der Waals surface area (Å²) in [7, 11) is -8.56. The predicted octanol–water partition coefficient (Wildman–Crippen LogP) is 9.40. The lowest BCUT2D eigenvalue weighted by atomic mass is 9.84. The zero-order valence-corrected chi connectivity index (χ0v) is 40.9. The van der Waals surface area contributed by atoms with Gasteiger partial charge in [-0.15, -0.1) is 11.8 Å². The Labute approximate surface area is 414 Å². The fourth-order valence-electron chi connectivity index (χ4n) is 8.48. The number of carboxylic acid groups (broad SMARTS) is 1. The SMILES string of the molecule is CCc1ccc(S(=O)(=O)Nc2cc(SCC(=O)O)c(O)c3ccc(OC(=O)CCN(COCc4cccc(F)c4)C4=C/C(=N\S(=O)(=O)c5cccc(C6CCCCC6)c5)c5cccnc5C4=O)cc23)cc1. The molecule has 0 aliphatic heterocycles. The average Bonchev–Trinajstić information content (AvgIpc) is 3.36. The number of halogens is 1. The van der Waals surface area contributed by atoms with Gasteiger partial charge in [0.05, 0.1) is 50.6 Å². The average molecular weight is 1020 g/mol. The molecule has 0 radical (unpaired) electrons. The first-order valence-electron chi connectivity index (χ1n) is 22.8. The van der Waals surface area contributed by atoms with Crippen LogP contribution in [0.25, 0.3) is 10.8 Å². The van der Waals surface area contributed by atoms with Gasteiger partial charge in [0.2, 0.25) is 5.78 Å². The number of ketones is 1. The van der Waals surface area contributed by atoms with Crippen molar-refractivity contribution in [3.05, 3.63) is 161 Å². The van der Waals surface area contributed by atoms with E-state index in [0.717, 1.165) is 55.0 Å². The zero-order chi connectivity index (χ0) is 50.3. The van der Waals surface area contributed by atoms with Gasteiger partial charge in [0.25, 0.3) is 20.0 Å². The highest BCUT2D eigenvalue weighted by Gasteiger charge is 2.32. The maximum Gasteiger partial charge on any atom is 0.313 e. The van der Waals surface area contributed by atoms with Gasteiger partial charge in [-0.25, -0.2) is 12.8 Å². The van der Waals surface area contributed by atoms with E-state index in [-0.39, 0.29) is 97.5 Å².